The second-order valence-corrected chi connectivity index (χ2v) is 4.89. The van der Waals surface area contributed by atoms with Gasteiger partial charge in [-0.1, -0.05) is 17.3 Å². The van der Waals surface area contributed by atoms with Crippen molar-refractivity contribution in [2.24, 2.45) is 0 Å². The third kappa shape index (κ3) is 2.84. The number of carbonyl (C=O) groups is 1. The molecular weight excluding hydrogens is 218 g/mol. The topological polar surface area (TPSA) is 52.3 Å². The second kappa shape index (κ2) is 4.20. The standard InChI is InChI=1S/C13H15NO3/c1-13(2,3)16-12(15)8-10-9-6-4-5-7-11(9)17-14-10/h4-7H,8H2,1-3H3. The van der Waals surface area contributed by atoms with E-state index in [-0.39, 0.29) is 12.4 Å². The van der Waals surface area contributed by atoms with Crippen LogP contribution in [0.1, 0.15) is 26.5 Å². The van der Waals surface area contributed by atoms with Crippen molar-refractivity contribution < 1.29 is 14.1 Å². The molecule has 2 rings (SSSR count). The van der Waals surface area contributed by atoms with Crippen molar-refractivity contribution in [1.82, 2.24) is 5.16 Å². The zero-order chi connectivity index (χ0) is 12.5. The van der Waals surface area contributed by atoms with Crippen molar-refractivity contribution in [3.63, 3.8) is 0 Å². The highest BCUT2D eigenvalue weighted by atomic mass is 16.6. The Kier molecular flexibility index (Phi) is 2.88. The van der Waals surface area contributed by atoms with E-state index in [0.717, 1.165) is 5.39 Å². The van der Waals surface area contributed by atoms with Crippen molar-refractivity contribution in [2.75, 3.05) is 0 Å². The second-order valence-electron chi connectivity index (χ2n) is 4.89. The molecule has 90 valence electrons. The molecule has 0 aliphatic carbocycles. The molecule has 0 bridgehead atoms. The minimum absolute atomic E-state index is 0.133. The molecule has 0 saturated carbocycles. The van der Waals surface area contributed by atoms with Crippen LogP contribution in [0, 0.1) is 0 Å². The molecule has 0 aliphatic heterocycles. The van der Waals surface area contributed by atoms with E-state index in [1.165, 1.54) is 0 Å². The maximum Gasteiger partial charge on any atom is 0.312 e. The lowest BCUT2D eigenvalue weighted by Gasteiger charge is -2.18. The van der Waals surface area contributed by atoms with Crippen LogP contribution in [-0.4, -0.2) is 16.7 Å². The molecule has 0 saturated heterocycles. The normalized spacial score (nSPS) is 11.7. The van der Waals surface area contributed by atoms with Crippen LogP contribution < -0.4 is 0 Å². The van der Waals surface area contributed by atoms with E-state index in [1.807, 2.05) is 45.0 Å². The predicted octanol–water partition coefficient (Wildman–Crippen LogP) is 2.71. The van der Waals surface area contributed by atoms with Gasteiger partial charge in [-0.05, 0) is 32.9 Å². The summed E-state index contributed by atoms with van der Waals surface area (Å²) in [5, 5.41) is 4.75. The first kappa shape index (κ1) is 11.6. The van der Waals surface area contributed by atoms with Gasteiger partial charge >= 0.3 is 5.97 Å². The number of esters is 1. The Bertz CT molecular complexity index is 537. The van der Waals surface area contributed by atoms with E-state index < -0.39 is 5.60 Å². The molecule has 0 unspecified atom stereocenters. The van der Waals surface area contributed by atoms with E-state index in [1.54, 1.807) is 0 Å². The lowest BCUT2D eigenvalue weighted by atomic mass is 10.1. The molecule has 0 amide bonds. The maximum atomic E-state index is 11.7. The van der Waals surface area contributed by atoms with Crippen LogP contribution in [0.5, 0.6) is 0 Å². The Morgan fingerprint density at radius 1 is 1.35 bits per heavy atom. The molecule has 0 radical (unpaired) electrons. The highest BCUT2D eigenvalue weighted by Gasteiger charge is 2.19. The minimum Gasteiger partial charge on any atom is -0.460 e. The summed E-state index contributed by atoms with van der Waals surface area (Å²) in [5.41, 5.74) is 0.831. The van der Waals surface area contributed by atoms with Gasteiger partial charge in [0.2, 0.25) is 0 Å². The van der Waals surface area contributed by atoms with Crippen molar-refractivity contribution in [2.45, 2.75) is 32.8 Å². The Hall–Kier alpha value is -1.84. The molecule has 1 aromatic heterocycles. The van der Waals surface area contributed by atoms with Crippen LogP contribution in [0.25, 0.3) is 11.0 Å². The maximum absolute atomic E-state index is 11.7. The van der Waals surface area contributed by atoms with Gasteiger partial charge in [-0.3, -0.25) is 4.79 Å². The van der Waals surface area contributed by atoms with Gasteiger partial charge in [-0.2, -0.15) is 0 Å². The summed E-state index contributed by atoms with van der Waals surface area (Å²) in [7, 11) is 0. The van der Waals surface area contributed by atoms with Crippen LogP contribution in [0.2, 0.25) is 0 Å². The summed E-state index contributed by atoms with van der Waals surface area (Å²) >= 11 is 0. The molecule has 2 aromatic rings. The molecule has 1 heterocycles. The minimum atomic E-state index is -0.476. The van der Waals surface area contributed by atoms with E-state index in [4.69, 9.17) is 9.26 Å². The van der Waals surface area contributed by atoms with Gasteiger partial charge < -0.3 is 9.26 Å². The van der Waals surface area contributed by atoms with Gasteiger partial charge in [0.1, 0.15) is 11.3 Å². The van der Waals surface area contributed by atoms with Gasteiger partial charge in [-0.25, -0.2) is 0 Å². The fraction of sp³-hybridized carbons (Fsp3) is 0.385. The van der Waals surface area contributed by atoms with Crippen LogP contribution in [0.4, 0.5) is 0 Å². The summed E-state index contributed by atoms with van der Waals surface area (Å²) in [4.78, 5) is 11.7. The van der Waals surface area contributed by atoms with Gasteiger partial charge in [0.05, 0.1) is 6.42 Å². The number of para-hydroxylation sites is 1. The van der Waals surface area contributed by atoms with Crippen molar-refractivity contribution in [3.8, 4) is 0 Å². The molecule has 0 N–H and O–H groups in total. The average molecular weight is 233 g/mol. The number of fused-ring (bicyclic) bond motifs is 1. The Labute approximate surface area is 99.5 Å². The molecule has 4 nitrogen and oxygen atoms in total. The Morgan fingerprint density at radius 2 is 2.06 bits per heavy atom. The zero-order valence-corrected chi connectivity index (χ0v) is 10.2. The monoisotopic (exact) mass is 233 g/mol. The summed E-state index contributed by atoms with van der Waals surface area (Å²) in [6.07, 6.45) is 0.133. The lowest BCUT2D eigenvalue weighted by Crippen LogP contribution is -2.25. The zero-order valence-electron chi connectivity index (χ0n) is 10.2. The summed E-state index contributed by atoms with van der Waals surface area (Å²) < 4.78 is 10.4. The van der Waals surface area contributed by atoms with E-state index in [0.29, 0.717) is 11.3 Å². The van der Waals surface area contributed by atoms with E-state index >= 15 is 0 Å². The SMILES string of the molecule is CC(C)(C)OC(=O)Cc1noc2ccccc12. The fourth-order valence-corrected chi connectivity index (χ4v) is 1.58. The molecule has 4 heteroatoms. The molecule has 1 aromatic carbocycles. The van der Waals surface area contributed by atoms with E-state index in [9.17, 15) is 4.79 Å². The van der Waals surface area contributed by atoms with Crippen molar-refractivity contribution in [1.29, 1.82) is 0 Å². The molecule has 17 heavy (non-hydrogen) atoms. The number of ether oxygens (including phenoxy) is 1. The largest absolute Gasteiger partial charge is 0.460 e. The summed E-state index contributed by atoms with van der Waals surface area (Å²) in [5.74, 6) is -0.295. The lowest BCUT2D eigenvalue weighted by molar-refractivity contribution is -0.154. The van der Waals surface area contributed by atoms with Gasteiger partial charge in [0.25, 0.3) is 0 Å². The number of carbonyl (C=O) groups excluding carboxylic acids is 1. The number of hydrogen-bond donors (Lipinski definition) is 0. The first-order valence-electron chi connectivity index (χ1n) is 5.51. The van der Waals surface area contributed by atoms with Crippen molar-refractivity contribution in [3.05, 3.63) is 30.0 Å². The van der Waals surface area contributed by atoms with Gasteiger partial charge in [0, 0.05) is 5.39 Å². The van der Waals surface area contributed by atoms with Gasteiger partial charge in [0.15, 0.2) is 5.58 Å². The predicted molar refractivity (Wildman–Crippen MR) is 63.6 cm³/mol. The first-order valence-corrected chi connectivity index (χ1v) is 5.51. The average Bonchev–Trinajstić information content (AvgIpc) is 2.59. The molecule has 0 spiro atoms. The van der Waals surface area contributed by atoms with Crippen LogP contribution in [-0.2, 0) is 16.0 Å². The number of hydrogen-bond acceptors (Lipinski definition) is 4. The molecule has 0 aliphatic rings. The molecular formula is C13H15NO3. The highest BCUT2D eigenvalue weighted by molar-refractivity contribution is 5.84. The van der Waals surface area contributed by atoms with E-state index in [2.05, 4.69) is 5.16 Å². The van der Waals surface area contributed by atoms with Crippen LogP contribution in [0.15, 0.2) is 28.8 Å². The Morgan fingerprint density at radius 3 is 2.76 bits per heavy atom. The smallest absolute Gasteiger partial charge is 0.312 e. The third-order valence-corrected chi connectivity index (χ3v) is 2.18. The first-order chi connectivity index (χ1) is 7.96. The summed E-state index contributed by atoms with van der Waals surface area (Å²) in [6.45, 7) is 5.52. The third-order valence-electron chi connectivity index (χ3n) is 2.18. The number of aromatic nitrogens is 1. The summed E-state index contributed by atoms with van der Waals surface area (Å²) in [6, 6.07) is 7.45. The van der Waals surface area contributed by atoms with Crippen molar-refractivity contribution >= 4 is 16.9 Å². The Balaban J connectivity index is 2.16. The number of benzene rings is 1. The molecule has 0 atom stereocenters. The highest BCUT2D eigenvalue weighted by Crippen LogP contribution is 2.19. The number of nitrogens with zero attached hydrogens (tertiary/aromatic N) is 1. The van der Waals surface area contributed by atoms with Crippen LogP contribution in [0.3, 0.4) is 0 Å². The van der Waals surface area contributed by atoms with Gasteiger partial charge in [-0.15, -0.1) is 0 Å². The quantitative estimate of drug-likeness (QED) is 0.748. The fourth-order valence-electron chi connectivity index (χ4n) is 1.58. The molecule has 0 fully saturated rings. The number of rotatable bonds is 2. The van der Waals surface area contributed by atoms with Crippen LogP contribution >= 0.6 is 0 Å².